The van der Waals surface area contributed by atoms with E-state index in [0.717, 1.165) is 17.1 Å². The summed E-state index contributed by atoms with van der Waals surface area (Å²) in [6.07, 6.45) is 0. The van der Waals surface area contributed by atoms with E-state index in [0.29, 0.717) is 5.56 Å². The first-order chi connectivity index (χ1) is 26.3. The van der Waals surface area contributed by atoms with Gasteiger partial charge in [0.2, 0.25) is 0 Å². The zero-order valence-corrected chi connectivity index (χ0v) is 30.8. The van der Waals surface area contributed by atoms with E-state index < -0.39 is 0 Å². The Morgan fingerprint density at radius 2 is 1.22 bits per heavy atom. The Morgan fingerprint density at radius 3 is 2.04 bits per heavy atom. The van der Waals surface area contributed by atoms with Crippen LogP contribution in [0.3, 0.4) is 0 Å². The van der Waals surface area contributed by atoms with Crippen LogP contribution in [0.15, 0.2) is 152 Å². The van der Waals surface area contributed by atoms with Gasteiger partial charge in [-0.1, -0.05) is 113 Å². The number of hydrogen-bond donors (Lipinski definition) is 0. The summed E-state index contributed by atoms with van der Waals surface area (Å²) in [7, 11) is 0. The number of nitriles is 1. The second kappa shape index (κ2) is 10.7. The van der Waals surface area contributed by atoms with Crippen LogP contribution >= 0.6 is 0 Å². The van der Waals surface area contributed by atoms with Crippen LogP contribution in [-0.2, 0) is 10.8 Å². The Bertz CT molecular complexity index is 3100. The van der Waals surface area contributed by atoms with E-state index in [4.69, 9.17) is 0 Å². The smallest absolute Gasteiger partial charge is 0.0991 e. The van der Waals surface area contributed by atoms with Gasteiger partial charge in [-0.25, -0.2) is 0 Å². The lowest BCUT2D eigenvalue weighted by Crippen LogP contribution is -2.18. The molecule has 1 aromatic heterocycles. The van der Waals surface area contributed by atoms with Crippen LogP contribution in [0.25, 0.3) is 60.2 Å². The summed E-state index contributed by atoms with van der Waals surface area (Å²) >= 11 is 0. The number of para-hydroxylation sites is 2. The fourth-order valence-corrected chi connectivity index (χ4v) is 9.96. The SMILES string of the molecule is CC1(C)c2cccc3ccc4cc(N(c5ccc(C#N)cc5)c5ccc6c(c5)C(C)(C)c5c-6ccc6c7ccccc7n(-c7ccccc7)c56)cc1c4c23. The predicted molar refractivity (Wildman–Crippen MR) is 225 cm³/mol. The first-order valence-electron chi connectivity index (χ1n) is 18.8. The van der Waals surface area contributed by atoms with Crippen LogP contribution in [0, 0.1) is 11.3 Å². The first-order valence-corrected chi connectivity index (χ1v) is 18.8. The molecule has 3 nitrogen and oxygen atoms in total. The van der Waals surface area contributed by atoms with Crippen LogP contribution in [0.4, 0.5) is 17.1 Å². The van der Waals surface area contributed by atoms with Gasteiger partial charge in [0.1, 0.15) is 0 Å². The fourth-order valence-electron chi connectivity index (χ4n) is 9.96. The van der Waals surface area contributed by atoms with Crippen LogP contribution in [0.2, 0.25) is 0 Å². The van der Waals surface area contributed by atoms with Gasteiger partial charge in [-0.05, 0) is 122 Å². The summed E-state index contributed by atoms with van der Waals surface area (Å²) in [6, 6.07) is 57.7. The Morgan fingerprint density at radius 1 is 0.519 bits per heavy atom. The zero-order chi connectivity index (χ0) is 36.5. The van der Waals surface area contributed by atoms with E-state index in [1.807, 2.05) is 12.1 Å². The monoisotopic (exact) mass is 691 g/mol. The average Bonchev–Trinajstić information content (AvgIpc) is 3.75. The van der Waals surface area contributed by atoms with Crippen molar-refractivity contribution in [2.75, 3.05) is 4.90 Å². The largest absolute Gasteiger partial charge is 0.310 e. The molecule has 0 fully saturated rings. The van der Waals surface area contributed by atoms with Crippen LogP contribution < -0.4 is 4.90 Å². The molecular weight excluding hydrogens is 655 g/mol. The lowest BCUT2D eigenvalue weighted by atomic mass is 9.81. The maximum absolute atomic E-state index is 9.71. The minimum absolute atomic E-state index is 0.141. The topological polar surface area (TPSA) is 32.0 Å². The normalized spacial score (nSPS) is 14.6. The highest BCUT2D eigenvalue weighted by atomic mass is 15.1. The number of fused-ring (bicyclic) bond motifs is 7. The fraction of sp³-hybridized carbons (Fsp3) is 0.118. The molecule has 11 rings (SSSR count). The van der Waals surface area contributed by atoms with Gasteiger partial charge in [-0.2, -0.15) is 5.26 Å². The molecular formula is C51H37N3. The van der Waals surface area contributed by atoms with Gasteiger partial charge in [0.15, 0.2) is 0 Å². The van der Waals surface area contributed by atoms with Crippen LogP contribution in [-0.4, -0.2) is 4.57 Å². The Labute approximate surface area is 315 Å². The molecule has 0 aliphatic heterocycles. The lowest BCUT2D eigenvalue weighted by Gasteiger charge is -2.30. The summed E-state index contributed by atoms with van der Waals surface area (Å²) in [4.78, 5) is 2.39. The molecule has 2 aliphatic carbocycles. The molecule has 0 radical (unpaired) electrons. The van der Waals surface area contributed by atoms with Crippen LogP contribution in [0.1, 0.15) is 55.5 Å². The van der Waals surface area contributed by atoms with Crippen molar-refractivity contribution in [3.05, 3.63) is 179 Å². The van der Waals surface area contributed by atoms with E-state index in [1.165, 1.54) is 82.4 Å². The quantitative estimate of drug-likeness (QED) is 0.172. The van der Waals surface area contributed by atoms with Crippen molar-refractivity contribution in [3.63, 3.8) is 0 Å². The molecule has 9 aromatic rings. The standard InChI is InChI=1S/C51H37N3/c1-50(2)42-15-10-11-32-19-20-33-27-37(29-44(50)47(33)46(32)42)53(35-21-17-31(30-52)18-22-35)36-23-24-38-40-25-26-41-39-14-8-9-16-45(39)54(34-12-6-5-7-13-34)49(41)48(40)51(3,4)43(38)28-36/h5-29H,1-4H3. The number of anilines is 3. The Hall–Kier alpha value is -6.63. The summed E-state index contributed by atoms with van der Waals surface area (Å²) < 4.78 is 2.47. The molecule has 0 unspecified atom stereocenters. The molecule has 3 heteroatoms. The third kappa shape index (κ3) is 4.00. The van der Waals surface area contributed by atoms with Crippen molar-refractivity contribution >= 4 is 60.4 Å². The molecule has 0 atom stereocenters. The van der Waals surface area contributed by atoms with E-state index in [-0.39, 0.29) is 10.8 Å². The molecule has 0 bridgehead atoms. The van der Waals surface area contributed by atoms with Crippen molar-refractivity contribution in [1.29, 1.82) is 5.26 Å². The first kappa shape index (κ1) is 30.9. The maximum atomic E-state index is 9.71. The predicted octanol–water partition coefficient (Wildman–Crippen LogP) is 13.4. The molecule has 2 aliphatic rings. The van der Waals surface area contributed by atoms with Crippen molar-refractivity contribution in [3.8, 4) is 22.9 Å². The molecule has 8 aromatic carbocycles. The number of aromatic nitrogens is 1. The molecule has 0 amide bonds. The molecule has 0 saturated heterocycles. The molecule has 0 spiro atoms. The van der Waals surface area contributed by atoms with Gasteiger partial charge in [0, 0.05) is 44.4 Å². The number of benzene rings is 8. The third-order valence-electron chi connectivity index (χ3n) is 12.5. The van der Waals surface area contributed by atoms with Crippen molar-refractivity contribution in [1.82, 2.24) is 4.57 Å². The lowest BCUT2D eigenvalue weighted by molar-refractivity contribution is 0.662. The van der Waals surface area contributed by atoms with Crippen molar-refractivity contribution < 1.29 is 0 Å². The highest BCUT2D eigenvalue weighted by Gasteiger charge is 2.40. The van der Waals surface area contributed by atoms with Gasteiger partial charge >= 0.3 is 0 Å². The van der Waals surface area contributed by atoms with Gasteiger partial charge in [-0.3, -0.25) is 0 Å². The molecule has 1 heterocycles. The van der Waals surface area contributed by atoms with Gasteiger partial charge in [0.05, 0.1) is 22.7 Å². The highest BCUT2D eigenvalue weighted by Crippen LogP contribution is 2.55. The third-order valence-corrected chi connectivity index (χ3v) is 12.5. The summed E-state index contributed by atoms with van der Waals surface area (Å²) in [5, 5.41) is 17.5. The summed E-state index contributed by atoms with van der Waals surface area (Å²) in [5.41, 5.74) is 15.1. The van der Waals surface area contributed by atoms with E-state index in [2.05, 4.69) is 183 Å². The van der Waals surface area contributed by atoms with Gasteiger partial charge < -0.3 is 9.47 Å². The molecule has 0 saturated carbocycles. The number of nitrogens with zero attached hydrogens (tertiary/aromatic N) is 3. The van der Waals surface area contributed by atoms with Gasteiger partial charge in [0.25, 0.3) is 0 Å². The molecule has 0 N–H and O–H groups in total. The Kier molecular flexibility index (Phi) is 6.14. The Balaban J connectivity index is 1.14. The average molecular weight is 692 g/mol. The second-order valence-corrected chi connectivity index (χ2v) is 16.1. The molecule has 54 heavy (non-hydrogen) atoms. The minimum Gasteiger partial charge on any atom is -0.310 e. The zero-order valence-electron chi connectivity index (χ0n) is 30.8. The van der Waals surface area contributed by atoms with Crippen LogP contribution in [0.5, 0.6) is 0 Å². The summed E-state index contributed by atoms with van der Waals surface area (Å²) in [6.45, 7) is 9.50. The number of rotatable bonds is 4. The van der Waals surface area contributed by atoms with Crippen molar-refractivity contribution in [2.24, 2.45) is 0 Å². The second-order valence-electron chi connectivity index (χ2n) is 16.1. The highest BCUT2D eigenvalue weighted by molar-refractivity contribution is 6.16. The summed E-state index contributed by atoms with van der Waals surface area (Å²) in [5.74, 6) is 0. The maximum Gasteiger partial charge on any atom is 0.0991 e. The van der Waals surface area contributed by atoms with E-state index in [9.17, 15) is 5.26 Å². The van der Waals surface area contributed by atoms with Crippen molar-refractivity contribution in [2.45, 2.75) is 38.5 Å². The minimum atomic E-state index is -0.288. The number of hydrogen-bond acceptors (Lipinski definition) is 2. The van der Waals surface area contributed by atoms with E-state index in [1.54, 1.807) is 0 Å². The van der Waals surface area contributed by atoms with E-state index >= 15 is 0 Å². The van der Waals surface area contributed by atoms with Gasteiger partial charge in [-0.15, -0.1) is 0 Å². The molecule has 256 valence electrons.